The average molecular weight is 256 g/mol. The molecule has 1 aromatic heterocycles. The summed E-state index contributed by atoms with van der Waals surface area (Å²) in [6, 6.07) is 5.73. The van der Waals surface area contributed by atoms with Gasteiger partial charge in [-0.3, -0.25) is 0 Å². The fourth-order valence-corrected chi connectivity index (χ4v) is 5.34. The van der Waals surface area contributed by atoms with Gasteiger partial charge in [-0.25, -0.2) is 0 Å². The van der Waals surface area contributed by atoms with Gasteiger partial charge in [0.2, 0.25) is 5.79 Å². The van der Waals surface area contributed by atoms with E-state index < -0.39 is 13.9 Å². The first kappa shape index (κ1) is 12.3. The number of ether oxygens (including phenoxy) is 2. The summed E-state index contributed by atoms with van der Waals surface area (Å²) in [6.45, 7) is 10.6. The molecule has 0 aliphatic carbocycles. The number of rotatable bonds is 3. The van der Waals surface area contributed by atoms with Gasteiger partial charge in [0.15, 0.2) is 0 Å². The molecule has 4 heteroatoms. The van der Waals surface area contributed by atoms with E-state index in [1.807, 2.05) is 18.3 Å². The van der Waals surface area contributed by atoms with Crippen LogP contribution in [-0.4, -0.2) is 21.3 Å². The first-order chi connectivity index (χ1) is 7.48. The van der Waals surface area contributed by atoms with Crippen molar-refractivity contribution in [1.82, 2.24) is 0 Å². The zero-order valence-electron chi connectivity index (χ0n) is 10.5. The maximum absolute atomic E-state index is 5.69. The molecule has 2 nitrogen and oxygen atoms in total. The summed E-state index contributed by atoms with van der Waals surface area (Å²) in [6.07, 6.45) is 0. The Morgan fingerprint density at radius 1 is 1.31 bits per heavy atom. The molecule has 2 rings (SSSR count). The van der Waals surface area contributed by atoms with Gasteiger partial charge in [-0.1, -0.05) is 32.1 Å². The summed E-state index contributed by atoms with van der Waals surface area (Å²) in [5.74, 6) is -0.485. The van der Waals surface area contributed by atoms with E-state index in [1.54, 1.807) is 4.50 Å². The standard InChI is InChI=1S/C12H20O2SSi/c1-5-16(3,4)11-7-6-10(15-11)12(2)13-8-9-14-12/h6-7H,5,8-9H2,1-4H3. The van der Waals surface area contributed by atoms with Crippen LogP contribution in [0.5, 0.6) is 0 Å². The molecule has 1 aromatic rings. The number of hydrogen-bond donors (Lipinski definition) is 0. The van der Waals surface area contributed by atoms with Gasteiger partial charge in [-0.2, -0.15) is 0 Å². The molecule has 1 aliphatic rings. The second-order valence-electron chi connectivity index (χ2n) is 5.04. The van der Waals surface area contributed by atoms with Crippen LogP contribution in [0.15, 0.2) is 12.1 Å². The monoisotopic (exact) mass is 256 g/mol. The zero-order chi connectivity index (χ0) is 11.8. The lowest BCUT2D eigenvalue weighted by atomic mass is 10.3. The van der Waals surface area contributed by atoms with Crippen LogP contribution in [0.1, 0.15) is 18.7 Å². The maximum Gasteiger partial charge on any atom is 0.201 e. The summed E-state index contributed by atoms with van der Waals surface area (Å²) in [5, 5.41) is 0. The van der Waals surface area contributed by atoms with E-state index in [2.05, 4.69) is 32.2 Å². The van der Waals surface area contributed by atoms with Crippen LogP contribution in [-0.2, 0) is 15.3 Å². The van der Waals surface area contributed by atoms with Crippen molar-refractivity contribution in [2.75, 3.05) is 13.2 Å². The minimum atomic E-state index is -1.21. The second kappa shape index (κ2) is 4.26. The largest absolute Gasteiger partial charge is 0.343 e. The van der Waals surface area contributed by atoms with Gasteiger partial charge >= 0.3 is 0 Å². The SMILES string of the molecule is CC[Si](C)(C)c1ccc(C2(C)OCCO2)s1. The van der Waals surface area contributed by atoms with Crippen molar-refractivity contribution < 1.29 is 9.47 Å². The second-order valence-corrected chi connectivity index (χ2v) is 11.5. The third-order valence-corrected chi connectivity index (χ3v) is 9.76. The van der Waals surface area contributed by atoms with Crippen LogP contribution < -0.4 is 4.50 Å². The van der Waals surface area contributed by atoms with Crippen LogP contribution in [0.4, 0.5) is 0 Å². The molecule has 0 spiro atoms. The van der Waals surface area contributed by atoms with Crippen molar-refractivity contribution in [3.8, 4) is 0 Å². The Bertz CT molecular complexity index is 367. The van der Waals surface area contributed by atoms with Gasteiger partial charge in [0.25, 0.3) is 0 Å². The zero-order valence-corrected chi connectivity index (χ0v) is 12.3. The van der Waals surface area contributed by atoms with Gasteiger partial charge in [-0.15, -0.1) is 11.3 Å². The molecule has 1 aliphatic heterocycles. The molecule has 0 atom stereocenters. The van der Waals surface area contributed by atoms with Crippen molar-refractivity contribution >= 4 is 23.9 Å². The van der Waals surface area contributed by atoms with E-state index in [0.717, 1.165) is 0 Å². The molecule has 16 heavy (non-hydrogen) atoms. The van der Waals surface area contributed by atoms with Crippen LogP contribution in [0, 0.1) is 0 Å². The molecular weight excluding hydrogens is 236 g/mol. The molecular formula is C12H20O2SSi. The molecule has 0 N–H and O–H groups in total. The van der Waals surface area contributed by atoms with E-state index >= 15 is 0 Å². The number of thiophene rings is 1. The van der Waals surface area contributed by atoms with Crippen LogP contribution in [0.3, 0.4) is 0 Å². The van der Waals surface area contributed by atoms with Crippen molar-refractivity contribution in [2.24, 2.45) is 0 Å². The summed E-state index contributed by atoms with van der Waals surface area (Å²) < 4.78 is 12.9. The Labute approximate surface area is 103 Å². The van der Waals surface area contributed by atoms with E-state index in [-0.39, 0.29) is 0 Å². The molecule has 0 radical (unpaired) electrons. The molecule has 0 saturated carbocycles. The highest BCUT2D eigenvalue weighted by molar-refractivity contribution is 7.26. The fourth-order valence-electron chi connectivity index (χ4n) is 1.78. The molecule has 0 bridgehead atoms. The minimum absolute atomic E-state index is 0.485. The highest BCUT2D eigenvalue weighted by Gasteiger charge is 2.36. The predicted molar refractivity (Wildman–Crippen MR) is 71.2 cm³/mol. The van der Waals surface area contributed by atoms with Crippen molar-refractivity contribution in [3.05, 3.63) is 17.0 Å². The Balaban J connectivity index is 2.26. The van der Waals surface area contributed by atoms with Crippen LogP contribution in [0.25, 0.3) is 0 Å². The highest BCUT2D eigenvalue weighted by Crippen LogP contribution is 2.34. The molecule has 90 valence electrons. The Morgan fingerprint density at radius 3 is 2.50 bits per heavy atom. The molecule has 1 saturated heterocycles. The molecule has 1 fully saturated rings. The van der Waals surface area contributed by atoms with Gasteiger partial charge in [-0.05, 0) is 17.5 Å². The van der Waals surface area contributed by atoms with Crippen LogP contribution >= 0.6 is 11.3 Å². The fraction of sp³-hybridized carbons (Fsp3) is 0.667. The Morgan fingerprint density at radius 2 is 1.94 bits per heavy atom. The summed E-state index contributed by atoms with van der Waals surface area (Å²) >= 11 is 1.87. The Kier molecular flexibility index (Phi) is 3.27. The van der Waals surface area contributed by atoms with Crippen molar-refractivity contribution in [3.63, 3.8) is 0 Å². The highest BCUT2D eigenvalue weighted by atomic mass is 32.1. The number of hydrogen-bond acceptors (Lipinski definition) is 3. The summed E-state index contributed by atoms with van der Waals surface area (Å²) in [4.78, 5) is 1.22. The van der Waals surface area contributed by atoms with E-state index in [0.29, 0.717) is 13.2 Å². The molecule has 0 amide bonds. The molecule has 0 unspecified atom stereocenters. The summed E-state index contributed by atoms with van der Waals surface area (Å²) in [7, 11) is -1.21. The molecule has 0 aromatic carbocycles. The van der Waals surface area contributed by atoms with E-state index in [9.17, 15) is 0 Å². The topological polar surface area (TPSA) is 18.5 Å². The van der Waals surface area contributed by atoms with Gasteiger partial charge in [0.05, 0.1) is 26.2 Å². The lowest BCUT2D eigenvalue weighted by Crippen LogP contribution is -2.38. The normalized spacial score (nSPS) is 20.2. The van der Waals surface area contributed by atoms with Crippen molar-refractivity contribution in [2.45, 2.75) is 38.8 Å². The third-order valence-electron chi connectivity index (χ3n) is 3.44. The van der Waals surface area contributed by atoms with E-state index in [4.69, 9.17) is 9.47 Å². The summed E-state index contributed by atoms with van der Waals surface area (Å²) in [5.41, 5.74) is 0. The van der Waals surface area contributed by atoms with Gasteiger partial charge < -0.3 is 9.47 Å². The maximum atomic E-state index is 5.69. The smallest absolute Gasteiger partial charge is 0.201 e. The third kappa shape index (κ3) is 2.11. The first-order valence-electron chi connectivity index (χ1n) is 5.87. The predicted octanol–water partition coefficient (Wildman–Crippen LogP) is 2.90. The minimum Gasteiger partial charge on any atom is -0.343 e. The Hall–Kier alpha value is -0.163. The van der Waals surface area contributed by atoms with Crippen LogP contribution in [0.2, 0.25) is 19.1 Å². The lowest BCUT2D eigenvalue weighted by molar-refractivity contribution is -0.146. The van der Waals surface area contributed by atoms with E-state index in [1.165, 1.54) is 10.9 Å². The van der Waals surface area contributed by atoms with Gasteiger partial charge in [0.1, 0.15) is 0 Å². The van der Waals surface area contributed by atoms with Crippen molar-refractivity contribution in [1.29, 1.82) is 0 Å². The molecule has 2 heterocycles. The first-order valence-corrected chi connectivity index (χ1v) is 9.89. The average Bonchev–Trinajstić information content (AvgIpc) is 2.86. The van der Waals surface area contributed by atoms with Gasteiger partial charge in [0, 0.05) is 0 Å². The quantitative estimate of drug-likeness (QED) is 0.774. The lowest BCUT2D eigenvalue weighted by Gasteiger charge is -2.21.